The van der Waals surface area contributed by atoms with Crippen molar-refractivity contribution in [3.05, 3.63) is 17.5 Å². The lowest BCUT2D eigenvalue weighted by Gasteiger charge is -2.07. The molecule has 1 unspecified atom stereocenters. The first-order valence-electron chi connectivity index (χ1n) is 4.47. The standard InChI is InChI=1S/C9H12F2N2O2/c1-5(9(14)15)4-13-6(2)3-7(12-13)8(10)11/h3,5,8H,4H2,1-2H3,(H,14,15). The topological polar surface area (TPSA) is 55.1 Å². The summed E-state index contributed by atoms with van der Waals surface area (Å²) in [6.45, 7) is 3.23. The summed E-state index contributed by atoms with van der Waals surface area (Å²) in [6.07, 6.45) is -2.62. The molecule has 0 amide bonds. The van der Waals surface area contributed by atoms with Gasteiger partial charge in [0.2, 0.25) is 0 Å². The lowest BCUT2D eigenvalue weighted by Crippen LogP contribution is -2.18. The summed E-state index contributed by atoms with van der Waals surface area (Å²) in [4.78, 5) is 10.6. The van der Waals surface area contributed by atoms with Gasteiger partial charge in [0, 0.05) is 5.69 Å². The Morgan fingerprint density at radius 2 is 2.27 bits per heavy atom. The molecule has 4 nitrogen and oxygen atoms in total. The van der Waals surface area contributed by atoms with E-state index in [0.717, 1.165) is 0 Å². The molecule has 0 aliphatic rings. The van der Waals surface area contributed by atoms with Crippen LogP contribution in [0.4, 0.5) is 8.78 Å². The molecular weight excluding hydrogens is 206 g/mol. The third-order valence-electron chi connectivity index (χ3n) is 2.09. The third-order valence-corrected chi connectivity index (χ3v) is 2.09. The highest BCUT2D eigenvalue weighted by Gasteiger charge is 2.17. The van der Waals surface area contributed by atoms with E-state index in [1.165, 1.54) is 17.7 Å². The first kappa shape index (κ1) is 11.6. The molecule has 1 heterocycles. The van der Waals surface area contributed by atoms with Crippen LogP contribution in [-0.4, -0.2) is 20.9 Å². The zero-order valence-corrected chi connectivity index (χ0v) is 8.44. The largest absolute Gasteiger partial charge is 0.481 e. The molecule has 1 aromatic rings. The predicted octanol–water partition coefficient (Wildman–Crippen LogP) is 1.85. The van der Waals surface area contributed by atoms with Crippen molar-refractivity contribution in [2.75, 3.05) is 0 Å². The number of aliphatic carboxylic acids is 1. The monoisotopic (exact) mass is 218 g/mol. The second kappa shape index (κ2) is 4.37. The number of carbonyl (C=O) groups is 1. The van der Waals surface area contributed by atoms with Gasteiger partial charge in [0.25, 0.3) is 6.43 Å². The first-order chi connectivity index (χ1) is 6.91. The third kappa shape index (κ3) is 2.74. The Morgan fingerprint density at radius 1 is 1.67 bits per heavy atom. The van der Waals surface area contributed by atoms with E-state index in [1.54, 1.807) is 6.92 Å². The van der Waals surface area contributed by atoms with Crippen LogP contribution in [-0.2, 0) is 11.3 Å². The van der Waals surface area contributed by atoms with Crippen molar-refractivity contribution in [2.45, 2.75) is 26.8 Å². The Labute approximate surface area is 85.5 Å². The summed E-state index contributed by atoms with van der Waals surface area (Å²) in [7, 11) is 0. The van der Waals surface area contributed by atoms with E-state index >= 15 is 0 Å². The minimum Gasteiger partial charge on any atom is -0.481 e. The normalized spacial score (nSPS) is 13.1. The number of hydrogen-bond donors (Lipinski definition) is 1. The molecule has 0 saturated heterocycles. The van der Waals surface area contributed by atoms with Crippen LogP contribution >= 0.6 is 0 Å². The van der Waals surface area contributed by atoms with E-state index in [4.69, 9.17) is 5.11 Å². The van der Waals surface area contributed by atoms with Crippen molar-refractivity contribution < 1.29 is 18.7 Å². The van der Waals surface area contributed by atoms with Gasteiger partial charge < -0.3 is 5.11 Å². The smallest absolute Gasteiger partial charge is 0.308 e. The van der Waals surface area contributed by atoms with Crippen molar-refractivity contribution in [3.63, 3.8) is 0 Å². The van der Waals surface area contributed by atoms with E-state index in [2.05, 4.69) is 5.10 Å². The van der Waals surface area contributed by atoms with Gasteiger partial charge in [-0.3, -0.25) is 9.48 Å². The molecule has 1 N–H and O–H groups in total. The summed E-state index contributed by atoms with van der Waals surface area (Å²) in [5.74, 6) is -1.61. The van der Waals surface area contributed by atoms with Crippen molar-refractivity contribution >= 4 is 5.97 Å². The van der Waals surface area contributed by atoms with E-state index in [1.807, 2.05) is 0 Å². The van der Waals surface area contributed by atoms with Gasteiger partial charge in [-0.15, -0.1) is 0 Å². The molecule has 6 heteroatoms. The lowest BCUT2D eigenvalue weighted by atomic mass is 10.2. The van der Waals surface area contributed by atoms with E-state index in [0.29, 0.717) is 5.69 Å². The minimum absolute atomic E-state index is 0.105. The van der Waals surface area contributed by atoms with E-state index in [9.17, 15) is 13.6 Å². The molecule has 0 fully saturated rings. The van der Waals surface area contributed by atoms with Crippen LogP contribution in [0.25, 0.3) is 0 Å². The van der Waals surface area contributed by atoms with Gasteiger partial charge in [0.15, 0.2) is 0 Å². The highest BCUT2D eigenvalue weighted by Crippen LogP contribution is 2.18. The van der Waals surface area contributed by atoms with Gasteiger partial charge >= 0.3 is 5.97 Å². The van der Waals surface area contributed by atoms with Crippen LogP contribution in [0, 0.1) is 12.8 Å². The molecule has 0 bridgehead atoms. The molecule has 0 aromatic carbocycles. The van der Waals surface area contributed by atoms with Crippen LogP contribution < -0.4 is 0 Å². The average Bonchev–Trinajstić information content (AvgIpc) is 2.47. The number of aryl methyl sites for hydroxylation is 1. The summed E-state index contributed by atoms with van der Waals surface area (Å²) < 4.78 is 25.8. The number of carboxylic acid groups (broad SMARTS) is 1. The fourth-order valence-electron chi connectivity index (χ4n) is 1.16. The van der Waals surface area contributed by atoms with Crippen molar-refractivity contribution in [3.8, 4) is 0 Å². The summed E-state index contributed by atoms with van der Waals surface area (Å²) in [5, 5.41) is 12.3. The number of carboxylic acids is 1. The Bertz CT molecular complexity index is 363. The number of halogens is 2. The number of alkyl halides is 2. The fraction of sp³-hybridized carbons (Fsp3) is 0.556. The number of hydrogen-bond acceptors (Lipinski definition) is 2. The number of aromatic nitrogens is 2. The highest BCUT2D eigenvalue weighted by molar-refractivity contribution is 5.69. The van der Waals surface area contributed by atoms with Crippen LogP contribution in [0.15, 0.2) is 6.07 Å². The SMILES string of the molecule is Cc1cc(C(F)F)nn1CC(C)C(=O)O. The molecule has 0 spiro atoms. The van der Waals surface area contributed by atoms with Gasteiger partial charge in [-0.05, 0) is 13.0 Å². The summed E-state index contributed by atoms with van der Waals surface area (Å²) in [5.41, 5.74) is 0.225. The second-order valence-corrected chi connectivity index (χ2v) is 3.43. The maximum absolute atomic E-state index is 12.3. The van der Waals surface area contributed by atoms with Gasteiger partial charge in [0.05, 0.1) is 12.5 Å². The molecule has 84 valence electrons. The molecule has 0 aliphatic carbocycles. The predicted molar refractivity (Wildman–Crippen MR) is 48.7 cm³/mol. The lowest BCUT2D eigenvalue weighted by molar-refractivity contribution is -0.141. The summed E-state index contributed by atoms with van der Waals surface area (Å²) in [6, 6.07) is 1.26. The van der Waals surface area contributed by atoms with E-state index in [-0.39, 0.29) is 12.2 Å². The first-order valence-corrected chi connectivity index (χ1v) is 4.47. The average molecular weight is 218 g/mol. The quantitative estimate of drug-likeness (QED) is 0.839. The van der Waals surface area contributed by atoms with Crippen LogP contribution in [0.5, 0.6) is 0 Å². The van der Waals surface area contributed by atoms with E-state index < -0.39 is 18.3 Å². The van der Waals surface area contributed by atoms with Crippen LogP contribution in [0.3, 0.4) is 0 Å². The number of nitrogens with zero attached hydrogens (tertiary/aromatic N) is 2. The maximum Gasteiger partial charge on any atom is 0.308 e. The van der Waals surface area contributed by atoms with Gasteiger partial charge in [0.1, 0.15) is 5.69 Å². The molecule has 1 atom stereocenters. The molecule has 1 rings (SSSR count). The zero-order valence-electron chi connectivity index (χ0n) is 8.44. The van der Waals surface area contributed by atoms with Gasteiger partial charge in [-0.25, -0.2) is 8.78 Å². The second-order valence-electron chi connectivity index (χ2n) is 3.43. The maximum atomic E-state index is 12.3. The molecule has 0 saturated carbocycles. The van der Waals surface area contributed by atoms with Crippen LogP contribution in [0.2, 0.25) is 0 Å². The Kier molecular flexibility index (Phi) is 3.39. The molecule has 15 heavy (non-hydrogen) atoms. The summed E-state index contributed by atoms with van der Waals surface area (Å²) >= 11 is 0. The molecule has 0 aliphatic heterocycles. The number of rotatable bonds is 4. The molecular formula is C9H12F2N2O2. The Hall–Kier alpha value is -1.46. The fourth-order valence-corrected chi connectivity index (χ4v) is 1.16. The van der Waals surface area contributed by atoms with Gasteiger partial charge in [-0.1, -0.05) is 6.92 Å². The highest BCUT2D eigenvalue weighted by atomic mass is 19.3. The Morgan fingerprint density at radius 3 is 2.67 bits per heavy atom. The van der Waals surface area contributed by atoms with Crippen LogP contribution in [0.1, 0.15) is 24.7 Å². The minimum atomic E-state index is -2.62. The van der Waals surface area contributed by atoms with Crippen molar-refractivity contribution in [2.24, 2.45) is 5.92 Å². The molecule has 1 aromatic heterocycles. The van der Waals surface area contributed by atoms with Crippen molar-refractivity contribution in [1.82, 2.24) is 9.78 Å². The molecule has 0 radical (unpaired) electrons. The van der Waals surface area contributed by atoms with Crippen molar-refractivity contribution in [1.29, 1.82) is 0 Å². The van der Waals surface area contributed by atoms with Gasteiger partial charge in [-0.2, -0.15) is 5.10 Å². The Balaban J connectivity index is 2.81. The zero-order chi connectivity index (χ0) is 11.6.